The van der Waals surface area contributed by atoms with E-state index in [9.17, 15) is 0 Å². The molecule has 1 aromatic carbocycles. The maximum atomic E-state index is 5.88. The summed E-state index contributed by atoms with van der Waals surface area (Å²) in [5.41, 5.74) is 6.21. The average molecular weight is 420 g/mol. The second kappa shape index (κ2) is 6.68. The third-order valence-corrected chi connectivity index (χ3v) is 7.65. The highest BCUT2D eigenvalue weighted by Crippen LogP contribution is 2.46. The molecule has 1 aliphatic heterocycles. The van der Waals surface area contributed by atoms with E-state index >= 15 is 0 Å². The Morgan fingerprint density at radius 2 is 2.20 bits per heavy atom. The second-order valence-corrected chi connectivity index (χ2v) is 9.95. The molecule has 4 heterocycles. The van der Waals surface area contributed by atoms with Gasteiger partial charge in [0.2, 0.25) is 0 Å². The molecular weight excluding hydrogens is 394 g/mol. The Hall–Kier alpha value is -2.64. The van der Waals surface area contributed by atoms with Gasteiger partial charge < -0.3 is 14.6 Å². The Kier molecular flexibility index (Phi) is 4.05. The van der Waals surface area contributed by atoms with Gasteiger partial charge in [0, 0.05) is 35.6 Å². The van der Waals surface area contributed by atoms with Crippen LogP contribution < -0.4 is 4.90 Å². The van der Waals surface area contributed by atoms with Gasteiger partial charge in [-0.25, -0.2) is 4.98 Å². The molecule has 3 aromatic heterocycles. The molecule has 0 radical (unpaired) electrons. The number of aromatic nitrogens is 4. The molecule has 7 heteroatoms. The Balaban J connectivity index is 1.35. The number of para-hydroxylation sites is 1. The van der Waals surface area contributed by atoms with Crippen LogP contribution in [-0.2, 0) is 23.0 Å². The van der Waals surface area contributed by atoms with Crippen LogP contribution in [0.3, 0.4) is 0 Å². The van der Waals surface area contributed by atoms with E-state index in [4.69, 9.17) is 9.72 Å². The largest absolute Gasteiger partial charge is 0.377 e. The van der Waals surface area contributed by atoms with Gasteiger partial charge in [0.15, 0.2) is 5.13 Å². The molecule has 1 saturated heterocycles. The summed E-state index contributed by atoms with van der Waals surface area (Å²) in [4.78, 5) is 12.2. The van der Waals surface area contributed by atoms with Gasteiger partial charge in [-0.05, 0) is 23.5 Å². The van der Waals surface area contributed by atoms with Crippen molar-refractivity contribution in [2.75, 3.05) is 24.7 Å². The number of aromatic amines is 2. The van der Waals surface area contributed by atoms with Crippen LogP contribution in [0.2, 0.25) is 0 Å². The molecule has 154 valence electrons. The zero-order valence-corrected chi connectivity index (χ0v) is 18.1. The molecule has 6 nitrogen and oxygen atoms in total. The highest BCUT2D eigenvalue weighted by Gasteiger charge is 2.36. The highest BCUT2D eigenvalue weighted by molar-refractivity contribution is 7.19. The van der Waals surface area contributed by atoms with Gasteiger partial charge in [-0.1, -0.05) is 43.4 Å². The lowest BCUT2D eigenvalue weighted by Gasteiger charge is -2.35. The number of morpholine rings is 1. The Morgan fingerprint density at radius 3 is 3.13 bits per heavy atom. The van der Waals surface area contributed by atoms with Gasteiger partial charge in [0.25, 0.3) is 0 Å². The molecule has 1 aliphatic carbocycles. The maximum Gasteiger partial charge on any atom is 0.186 e. The maximum absolute atomic E-state index is 5.88. The minimum absolute atomic E-state index is 0.0507. The second-order valence-electron chi connectivity index (χ2n) is 8.98. The highest BCUT2D eigenvalue weighted by atomic mass is 32.1. The zero-order valence-electron chi connectivity index (χ0n) is 17.2. The number of H-pyrrole nitrogens is 2. The fourth-order valence-electron chi connectivity index (χ4n) is 4.89. The van der Waals surface area contributed by atoms with Crippen molar-refractivity contribution in [2.24, 2.45) is 0 Å². The molecule has 0 bridgehead atoms. The SMILES string of the molecule is CC1(C)Cc2nc(N3CCOC[C@@H]3Cc3c[nH]c4ccccc34)sc2-c2[nH]ncc21. The number of anilines is 1. The van der Waals surface area contributed by atoms with E-state index in [1.165, 1.54) is 32.6 Å². The molecular formula is C23H25N5OS. The van der Waals surface area contributed by atoms with Crippen molar-refractivity contribution in [3.63, 3.8) is 0 Å². The number of thiazole rings is 1. The van der Waals surface area contributed by atoms with Gasteiger partial charge in [-0.3, -0.25) is 5.10 Å². The summed E-state index contributed by atoms with van der Waals surface area (Å²) in [6, 6.07) is 8.78. The predicted molar refractivity (Wildman–Crippen MR) is 120 cm³/mol. The molecule has 0 amide bonds. The number of fused-ring (bicyclic) bond motifs is 4. The third-order valence-electron chi connectivity index (χ3n) is 6.49. The first-order valence-electron chi connectivity index (χ1n) is 10.5. The van der Waals surface area contributed by atoms with Gasteiger partial charge in [-0.15, -0.1) is 0 Å². The van der Waals surface area contributed by atoms with Crippen LogP contribution in [-0.4, -0.2) is 46.0 Å². The molecule has 4 aromatic rings. The van der Waals surface area contributed by atoms with Gasteiger partial charge in [0.05, 0.1) is 41.7 Å². The fourth-order valence-corrected chi connectivity index (χ4v) is 6.08. The molecule has 1 fully saturated rings. The summed E-state index contributed by atoms with van der Waals surface area (Å²) in [6.45, 7) is 6.90. The number of nitrogens with zero attached hydrogens (tertiary/aromatic N) is 3. The number of nitrogens with one attached hydrogen (secondary N) is 2. The third kappa shape index (κ3) is 2.80. The summed E-state index contributed by atoms with van der Waals surface area (Å²) in [5, 5.41) is 9.96. The first kappa shape index (κ1) is 18.2. The van der Waals surface area contributed by atoms with E-state index in [-0.39, 0.29) is 11.5 Å². The zero-order chi connectivity index (χ0) is 20.3. The minimum atomic E-state index is 0.0507. The van der Waals surface area contributed by atoms with Crippen LogP contribution in [0.1, 0.15) is 30.7 Å². The molecule has 0 unspecified atom stereocenters. The van der Waals surface area contributed by atoms with Crippen LogP contribution in [0.5, 0.6) is 0 Å². The molecule has 6 rings (SSSR count). The monoisotopic (exact) mass is 419 g/mol. The van der Waals surface area contributed by atoms with E-state index in [0.717, 1.165) is 43.4 Å². The van der Waals surface area contributed by atoms with Gasteiger partial charge >= 0.3 is 0 Å². The van der Waals surface area contributed by atoms with Crippen molar-refractivity contribution in [3.8, 4) is 10.6 Å². The average Bonchev–Trinajstić information content (AvgIpc) is 3.47. The summed E-state index contributed by atoms with van der Waals surface area (Å²) < 4.78 is 5.88. The van der Waals surface area contributed by atoms with Crippen molar-refractivity contribution in [3.05, 3.63) is 53.5 Å². The summed E-state index contributed by atoms with van der Waals surface area (Å²) in [6.07, 6.45) is 6.01. The topological polar surface area (TPSA) is 69.8 Å². The van der Waals surface area contributed by atoms with E-state index in [2.05, 4.69) is 64.4 Å². The van der Waals surface area contributed by atoms with E-state index in [1.807, 2.05) is 6.20 Å². The predicted octanol–water partition coefficient (Wildman–Crippen LogP) is 4.30. The summed E-state index contributed by atoms with van der Waals surface area (Å²) in [5.74, 6) is 0. The lowest BCUT2D eigenvalue weighted by atomic mass is 9.77. The Labute approximate surface area is 179 Å². The number of benzene rings is 1. The smallest absolute Gasteiger partial charge is 0.186 e. The summed E-state index contributed by atoms with van der Waals surface area (Å²) >= 11 is 1.79. The van der Waals surface area contributed by atoms with Crippen molar-refractivity contribution in [2.45, 2.75) is 38.1 Å². The van der Waals surface area contributed by atoms with E-state index in [1.54, 1.807) is 11.3 Å². The Bertz CT molecular complexity index is 1220. The molecule has 0 spiro atoms. The molecule has 0 saturated carbocycles. The van der Waals surface area contributed by atoms with Gasteiger partial charge in [0.1, 0.15) is 0 Å². The number of hydrogen-bond donors (Lipinski definition) is 2. The lowest BCUT2D eigenvalue weighted by molar-refractivity contribution is 0.0941. The van der Waals surface area contributed by atoms with E-state index in [0.29, 0.717) is 0 Å². The van der Waals surface area contributed by atoms with Crippen molar-refractivity contribution < 1.29 is 4.74 Å². The summed E-state index contributed by atoms with van der Waals surface area (Å²) in [7, 11) is 0. The van der Waals surface area contributed by atoms with Crippen molar-refractivity contribution in [1.29, 1.82) is 0 Å². The number of ether oxygens (including phenoxy) is 1. The van der Waals surface area contributed by atoms with Crippen LogP contribution in [0.15, 0.2) is 36.7 Å². The van der Waals surface area contributed by atoms with Crippen molar-refractivity contribution >= 4 is 27.4 Å². The fraction of sp³-hybridized carbons (Fsp3) is 0.391. The molecule has 1 atom stereocenters. The first-order chi connectivity index (χ1) is 14.6. The molecule has 2 N–H and O–H groups in total. The molecule has 30 heavy (non-hydrogen) atoms. The van der Waals surface area contributed by atoms with Crippen LogP contribution in [0.25, 0.3) is 21.5 Å². The first-order valence-corrected chi connectivity index (χ1v) is 11.3. The molecule has 2 aliphatic rings. The van der Waals surface area contributed by atoms with Crippen LogP contribution in [0, 0.1) is 0 Å². The lowest BCUT2D eigenvalue weighted by Crippen LogP contribution is -2.46. The van der Waals surface area contributed by atoms with Crippen LogP contribution >= 0.6 is 11.3 Å². The minimum Gasteiger partial charge on any atom is -0.377 e. The Morgan fingerprint density at radius 1 is 1.30 bits per heavy atom. The van der Waals surface area contributed by atoms with Crippen LogP contribution in [0.4, 0.5) is 5.13 Å². The standard InChI is InChI=1S/C23H25N5OS/c1-23(2)10-19-21(20-17(23)12-25-27-20)30-22(26-19)28-7-8-29-13-15(28)9-14-11-24-18-6-4-3-5-16(14)18/h3-6,11-12,15,24H,7-10,13H2,1-2H3,(H,25,27)/t15-/m0/s1. The quantitative estimate of drug-likeness (QED) is 0.520. The van der Waals surface area contributed by atoms with Crippen molar-refractivity contribution in [1.82, 2.24) is 20.2 Å². The normalized spacial score (nSPS) is 20.3. The number of hydrogen-bond acceptors (Lipinski definition) is 5. The van der Waals surface area contributed by atoms with E-state index < -0.39 is 0 Å². The number of rotatable bonds is 3. The van der Waals surface area contributed by atoms with Gasteiger partial charge in [-0.2, -0.15) is 5.10 Å².